The van der Waals surface area contributed by atoms with Crippen molar-refractivity contribution in [2.75, 3.05) is 32.8 Å². The maximum absolute atomic E-state index is 12.9. The summed E-state index contributed by atoms with van der Waals surface area (Å²) in [6, 6.07) is 0. The summed E-state index contributed by atoms with van der Waals surface area (Å²) in [5.74, 6) is -0.113. The van der Waals surface area contributed by atoms with Gasteiger partial charge in [-0.05, 0) is 39.2 Å². The van der Waals surface area contributed by atoms with Crippen LogP contribution in [-0.2, 0) is 9.53 Å². The molecule has 1 aromatic rings. The number of amides is 2. The Morgan fingerprint density at radius 2 is 1.63 bits per heavy atom. The van der Waals surface area contributed by atoms with Crippen LogP contribution in [0.5, 0.6) is 0 Å². The molecule has 1 N–H and O–H groups in total. The monoisotopic (exact) mass is 375 g/mol. The van der Waals surface area contributed by atoms with Gasteiger partial charge in [0.1, 0.15) is 5.69 Å². The minimum atomic E-state index is -0.408. The lowest BCUT2D eigenvalue weighted by Crippen LogP contribution is -2.51. The molecule has 0 bridgehead atoms. The second kappa shape index (κ2) is 8.15. The largest absolute Gasteiger partial charge is 0.462 e. The number of aromatic nitrogens is 1. The van der Waals surface area contributed by atoms with E-state index in [-0.39, 0.29) is 17.7 Å². The Labute approximate surface area is 160 Å². The molecule has 0 aromatic carbocycles. The zero-order chi connectivity index (χ0) is 19.6. The molecule has 0 atom stereocenters. The molecule has 7 heteroatoms. The van der Waals surface area contributed by atoms with Crippen LogP contribution >= 0.6 is 0 Å². The van der Waals surface area contributed by atoms with Crippen molar-refractivity contribution in [1.29, 1.82) is 0 Å². The van der Waals surface area contributed by atoms with Crippen molar-refractivity contribution >= 4 is 17.8 Å². The van der Waals surface area contributed by atoms with Crippen LogP contribution in [0.2, 0.25) is 0 Å². The van der Waals surface area contributed by atoms with Gasteiger partial charge in [0, 0.05) is 37.8 Å². The first-order valence-electron chi connectivity index (χ1n) is 9.88. The van der Waals surface area contributed by atoms with E-state index < -0.39 is 5.97 Å². The van der Waals surface area contributed by atoms with Crippen molar-refractivity contribution in [2.24, 2.45) is 5.92 Å². The number of piperazine rings is 1. The molecule has 2 heterocycles. The molecule has 1 aliphatic carbocycles. The van der Waals surface area contributed by atoms with E-state index in [0.717, 1.165) is 25.7 Å². The Hall–Kier alpha value is -2.31. The van der Waals surface area contributed by atoms with E-state index in [9.17, 15) is 14.4 Å². The first kappa shape index (κ1) is 19.5. The third-order valence-electron chi connectivity index (χ3n) is 5.71. The molecule has 0 spiro atoms. The van der Waals surface area contributed by atoms with Gasteiger partial charge in [0.15, 0.2) is 0 Å². The van der Waals surface area contributed by atoms with Crippen LogP contribution in [0.15, 0.2) is 0 Å². The minimum absolute atomic E-state index is 0.126. The summed E-state index contributed by atoms with van der Waals surface area (Å²) in [7, 11) is 0. The number of esters is 1. The summed E-state index contributed by atoms with van der Waals surface area (Å²) >= 11 is 0. The Balaban J connectivity index is 1.65. The van der Waals surface area contributed by atoms with Crippen LogP contribution in [0.1, 0.15) is 64.7 Å². The lowest BCUT2D eigenvalue weighted by Gasteiger charge is -2.36. The number of nitrogens with one attached hydrogen (secondary N) is 1. The van der Waals surface area contributed by atoms with E-state index in [4.69, 9.17) is 4.74 Å². The Kier molecular flexibility index (Phi) is 5.87. The number of carbonyl (C=O) groups is 3. The van der Waals surface area contributed by atoms with E-state index in [1.54, 1.807) is 25.7 Å². The fraction of sp³-hybridized carbons (Fsp3) is 0.650. The van der Waals surface area contributed by atoms with E-state index in [0.29, 0.717) is 55.3 Å². The lowest BCUT2D eigenvalue weighted by atomic mass is 10.1. The van der Waals surface area contributed by atoms with Crippen LogP contribution in [0.25, 0.3) is 0 Å². The molecule has 2 aliphatic rings. The quantitative estimate of drug-likeness (QED) is 0.819. The van der Waals surface area contributed by atoms with Crippen LogP contribution in [-0.4, -0.2) is 65.4 Å². The van der Waals surface area contributed by atoms with E-state index in [1.807, 2.05) is 4.90 Å². The number of carbonyl (C=O) groups excluding carboxylic acids is 3. The number of aromatic amines is 1. The number of hydrogen-bond acceptors (Lipinski definition) is 4. The first-order valence-corrected chi connectivity index (χ1v) is 9.88. The summed E-state index contributed by atoms with van der Waals surface area (Å²) in [5, 5.41) is 0. The predicted octanol–water partition coefficient (Wildman–Crippen LogP) is 2.28. The summed E-state index contributed by atoms with van der Waals surface area (Å²) < 4.78 is 5.09. The van der Waals surface area contributed by atoms with Crippen molar-refractivity contribution in [3.8, 4) is 0 Å². The summed E-state index contributed by atoms with van der Waals surface area (Å²) in [6.07, 6.45) is 4.28. The standard InChI is InChI=1S/C20H29N3O4/c1-4-27-20(26)16-13(2)17(21-14(16)3)19(25)23-11-9-22(10-12-23)18(24)15-7-5-6-8-15/h15,21H,4-12H2,1-3H3. The zero-order valence-corrected chi connectivity index (χ0v) is 16.5. The normalized spacial score (nSPS) is 18.0. The van der Waals surface area contributed by atoms with Gasteiger partial charge < -0.3 is 19.5 Å². The van der Waals surface area contributed by atoms with Gasteiger partial charge in [-0.2, -0.15) is 0 Å². The second-order valence-electron chi connectivity index (χ2n) is 7.44. The molecule has 3 rings (SSSR count). The van der Waals surface area contributed by atoms with E-state index >= 15 is 0 Å². The molecular weight excluding hydrogens is 346 g/mol. The Bertz CT molecular complexity index is 726. The number of aryl methyl sites for hydroxylation is 1. The first-order chi connectivity index (χ1) is 12.9. The van der Waals surface area contributed by atoms with Crippen molar-refractivity contribution in [3.63, 3.8) is 0 Å². The minimum Gasteiger partial charge on any atom is -0.462 e. The number of hydrogen-bond donors (Lipinski definition) is 1. The van der Waals surface area contributed by atoms with Crippen molar-refractivity contribution in [3.05, 3.63) is 22.5 Å². The van der Waals surface area contributed by atoms with Crippen molar-refractivity contribution in [1.82, 2.24) is 14.8 Å². The fourth-order valence-corrected chi connectivity index (χ4v) is 4.19. The van der Waals surface area contributed by atoms with Gasteiger partial charge in [0.25, 0.3) is 5.91 Å². The molecule has 1 saturated heterocycles. The molecule has 0 unspecified atom stereocenters. The fourth-order valence-electron chi connectivity index (χ4n) is 4.19. The molecular formula is C20H29N3O4. The van der Waals surface area contributed by atoms with Gasteiger partial charge in [-0.1, -0.05) is 12.8 Å². The molecule has 148 valence electrons. The van der Waals surface area contributed by atoms with Crippen LogP contribution < -0.4 is 0 Å². The maximum atomic E-state index is 12.9. The average Bonchev–Trinajstić information content (AvgIpc) is 3.29. The summed E-state index contributed by atoms with van der Waals surface area (Å²) in [6.45, 7) is 7.77. The molecule has 7 nitrogen and oxygen atoms in total. The van der Waals surface area contributed by atoms with Crippen LogP contribution in [0.3, 0.4) is 0 Å². The molecule has 2 amide bonds. The van der Waals surface area contributed by atoms with Crippen molar-refractivity contribution < 1.29 is 19.1 Å². The van der Waals surface area contributed by atoms with Gasteiger partial charge in [0.2, 0.25) is 5.91 Å². The summed E-state index contributed by atoms with van der Waals surface area (Å²) in [5.41, 5.74) is 2.14. The van der Waals surface area contributed by atoms with Crippen LogP contribution in [0.4, 0.5) is 0 Å². The molecule has 1 aliphatic heterocycles. The maximum Gasteiger partial charge on any atom is 0.340 e. The highest BCUT2D eigenvalue weighted by Crippen LogP contribution is 2.27. The average molecular weight is 375 g/mol. The molecule has 27 heavy (non-hydrogen) atoms. The van der Waals surface area contributed by atoms with Gasteiger partial charge >= 0.3 is 5.97 Å². The predicted molar refractivity (Wildman–Crippen MR) is 101 cm³/mol. The highest BCUT2D eigenvalue weighted by Gasteiger charge is 2.32. The molecule has 1 aromatic heterocycles. The summed E-state index contributed by atoms with van der Waals surface area (Å²) in [4.78, 5) is 44.3. The Morgan fingerprint density at radius 3 is 2.22 bits per heavy atom. The smallest absolute Gasteiger partial charge is 0.340 e. The topological polar surface area (TPSA) is 82.7 Å². The second-order valence-corrected chi connectivity index (χ2v) is 7.44. The van der Waals surface area contributed by atoms with Crippen molar-refractivity contribution in [2.45, 2.75) is 46.5 Å². The van der Waals surface area contributed by atoms with Gasteiger partial charge in [0.05, 0.1) is 12.2 Å². The van der Waals surface area contributed by atoms with Crippen LogP contribution in [0, 0.1) is 19.8 Å². The Morgan fingerprint density at radius 1 is 1.04 bits per heavy atom. The highest BCUT2D eigenvalue weighted by molar-refractivity contribution is 6.00. The zero-order valence-electron chi connectivity index (χ0n) is 16.5. The molecule has 2 fully saturated rings. The third kappa shape index (κ3) is 3.87. The number of ether oxygens (including phenoxy) is 1. The van der Waals surface area contributed by atoms with Gasteiger partial charge in [-0.3, -0.25) is 9.59 Å². The number of nitrogens with zero attached hydrogens (tertiary/aromatic N) is 2. The highest BCUT2D eigenvalue weighted by atomic mass is 16.5. The number of H-pyrrole nitrogens is 1. The van der Waals surface area contributed by atoms with Gasteiger partial charge in [-0.15, -0.1) is 0 Å². The van der Waals surface area contributed by atoms with E-state index in [1.165, 1.54) is 0 Å². The lowest BCUT2D eigenvalue weighted by molar-refractivity contribution is -0.136. The molecule has 0 radical (unpaired) electrons. The number of rotatable bonds is 4. The SMILES string of the molecule is CCOC(=O)c1c(C)[nH]c(C(=O)N2CCN(C(=O)C3CCCC3)CC2)c1C. The van der Waals surface area contributed by atoms with E-state index in [2.05, 4.69) is 4.98 Å². The van der Waals surface area contributed by atoms with Gasteiger partial charge in [-0.25, -0.2) is 4.79 Å². The molecule has 1 saturated carbocycles. The third-order valence-corrected chi connectivity index (χ3v) is 5.71.